The number of nitrogens with one attached hydrogen (secondary N) is 1. The Morgan fingerprint density at radius 1 is 1.26 bits per heavy atom. The fourth-order valence-corrected chi connectivity index (χ4v) is 6.23. The first-order chi connectivity index (χ1) is 16.3. The Bertz CT molecular complexity index is 1510. The molecule has 0 bridgehead atoms. The van der Waals surface area contributed by atoms with Gasteiger partial charge in [-0.15, -0.1) is 11.3 Å². The van der Waals surface area contributed by atoms with E-state index in [-0.39, 0.29) is 18.0 Å². The first-order valence-electron chi connectivity index (χ1n) is 11.1. The summed E-state index contributed by atoms with van der Waals surface area (Å²) in [6, 6.07) is 11.3. The number of fused-ring (bicyclic) bond motifs is 2. The molecule has 1 unspecified atom stereocenters. The summed E-state index contributed by atoms with van der Waals surface area (Å²) in [6.45, 7) is 6.28. The molecule has 2 N–H and O–H groups in total. The Morgan fingerprint density at radius 3 is 2.79 bits per heavy atom. The van der Waals surface area contributed by atoms with Gasteiger partial charge in [-0.3, -0.25) is 4.79 Å². The molecule has 6 nitrogen and oxygen atoms in total. The molecule has 0 spiro atoms. The van der Waals surface area contributed by atoms with Gasteiger partial charge in [-0.1, -0.05) is 11.6 Å². The van der Waals surface area contributed by atoms with Crippen LogP contribution in [0.4, 0.5) is 10.1 Å². The van der Waals surface area contributed by atoms with Crippen LogP contribution < -0.4 is 15.6 Å². The van der Waals surface area contributed by atoms with E-state index in [9.17, 15) is 19.1 Å². The second-order valence-electron chi connectivity index (χ2n) is 8.43. The van der Waals surface area contributed by atoms with E-state index in [4.69, 9.17) is 11.6 Å². The van der Waals surface area contributed by atoms with Crippen LogP contribution in [0.3, 0.4) is 0 Å². The van der Waals surface area contributed by atoms with Crippen molar-refractivity contribution < 1.29 is 14.3 Å². The zero-order chi connectivity index (χ0) is 24.1. The molecular weight excluding hydrogens is 477 g/mol. The van der Waals surface area contributed by atoms with E-state index in [1.165, 1.54) is 19.7 Å². The highest BCUT2D eigenvalue weighted by Gasteiger charge is 2.26. The van der Waals surface area contributed by atoms with E-state index < -0.39 is 22.9 Å². The molecule has 9 heteroatoms. The minimum absolute atomic E-state index is 0.111. The second-order valence-corrected chi connectivity index (χ2v) is 9.95. The molecule has 1 aliphatic rings. The molecule has 0 radical (unpaired) electrons. The molecule has 4 aromatic rings. The summed E-state index contributed by atoms with van der Waals surface area (Å²) in [6.07, 6.45) is 0. The van der Waals surface area contributed by atoms with Gasteiger partial charge in [0.25, 0.3) is 0 Å². The predicted octanol–water partition coefficient (Wildman–Crippen LogP) is 5.19. The number of hydrogen-bond acceptors (Lipinski definition) is 5. The minimum Gasteiger partial charge on any atom is -0.477 e. The van der Waals surface area contributed by atoms with E-state index in [2.05, 4.69) is 17.1 Å². The number of rotatable bonds is 4. The lowest BCUT2D eigenvalue weighted by molar-refractivity contribution is 0.0688. The summed E-state index contributed by atoms with van der Waals surface area (Å²) in [5.41, 5.74) is 0.863. The average molecular weight is 500 g/mol. The molecule has 1 fully saturated rings. The fraction of sp³-hybridized carbons (Fsp3) is 0.280. The fourth-order valence-electron chi connectivity index (χ4n) is 4.80. The maximum absolute atomic E-state index is 14.9. The molecule has 2 aromatic heterocycles. The molecule has 176 valence electrons. The highest BCUT2D eigenvalue weighted by molar-refractivity contribution is 7.19. The second kappa shape index (κ2) is 8.69. The van der Waals surface area contributed by atoms with Gasteiger partial charge >= 0.3 is 5.97 Å². The molecule has 2 aromatic carbocycles. The van der Waals surface area contributed by atoms with Gasteiger partial charge < -0.3 is 19.9 Å². The number of pyridine rings is 1. The summed E-state index contributed by atoms with van der Waals surface area (Å²) in [7, 11) is 0. The maximum atomic E-state index is 14.9. The van der Waals surface area contributed by atoms with Crippen molar-refractivity contribution in [2.24, 2.45) is 0 Å². The number of aromatic carboxylic acids is 1. The van der Waals surface area contributed by atoms with Crippen molar-refractivity contribution in [1.29, 1.82) is 0 Å². The molecule has 5 rings (SSSR count). The molecule has 1 atom stereocenters. The predicted molar refractivity (Wildman–Crippen MR) is 135 cm³/mol. The number of benzene rings is 2. The zero-order valence-electron chi connectivity index (χ0n) is 18.7. The highest BCUT2D eigenvalue weighted by atomic mass is 35.5. The zero-order valence-corrected chi connectivity index (χ0v) is 20.3. The van der Waals surface area contributed by atoms with Crippen molar-refractivity contribution in [2.45, 2.75) is 26.4 Å². The van der Waals surface area contributed by atoms with Crippen LogP contribution in [-0.4, -0.2) is 35.3 Å². The number of halogens is 2. The Hall–Kier alpha value is -2.94. The van der Waals surface area contributed by atoms with Crippen molar-refractivity contribution in [3.8, 4) is 0 Å². The summed E-state index contributed by atoms with van der Waals surface area (Å²) in [5.74, 6) is -2.57. The number of carboxylic acids is 1. The smallest absolute Gasteiger partial charge is 0.344 e. The molecule has 0 saturated carbocycles. The van der Waals surface area contributed by atoms with Gasteiger partial charge in [0.2, 0.25) is 11.4 Å². The van der Waals surface area contributed by atoms with Crippen LogP contribution in [0, 0.1) is 12.9 Å². The third-order valence-corrected chi connectivity index (χ3v) is 8.13. The van der Waals surface area contributed by atoms with Crippen molar-refractivity contribution in [3.63, 3.8) is 0 Å². The lowest BCUT2D eigenvalue weighted by Crippen LogP contribution is -2.45. The van der Waals surface area contributed by atoms with Crippen LogP contribution in [0.2, 0.25) is 5.02 Å². The average Bonchev–Trinajstić information content (AvgIpc) is 3.14. The molecule has 0 aliphatic carbocycles. The third-order valence-electron chi connectivity index (χ3n) is 6.51. The normalized spacial score (nSPS) is 16.5. The van der Waals surface area contributed by atoms with E-state index in [1.54, 1.807) is 30.4 Å². The van der Waals surface area contributed by atoms with Gasteiger partial charge in [-0.2, -0.15) is 4.39 Å². The number of anilines is 1. The molecule has 1 aliphatic heterocycles. The highest BCUT2D eigenvalue weighted by Crippen LogP contribution is 2.37. The van der Waals surface area contributed by atoms with E-state index >= 15 is 0 Å². The topological polar surface area (TPSA) is 74.6 Å². The van der Waals surface area contributed by atoms with Crippen LogP contribution in [0.1, 0.15) is 33.8 Å². The number of aryl methyl sites for hydroxylation is 2. The molecule has 34 heavy (non-hydrogen) atoms. The van der Waals surface area contributed by atoms with E-state index in [0.29, 0.717) is 12.1 Å². The van der Waals surface area contributed by atoms with Crippen molar-refractivity contribution in [1.82, 2.24) is 9.88 Å². The van der Waals surface area contributed by atoms with Gasteiger partial charge in [-0.05, 0) is 61.2 Å². The maximum Gasteiger partial charge on any atom is 0.344 e. The van der Waals surface area contributed by atoms with E-state index in [0.717, 1.165) is 29.2 Å². The summed E-state index contributed by atoms with van der Waals surface area (Å²) >= 11 is 7.96. The minimum atomic E-state index is -1.55. The van der Waals surface area contributed by atoms with Crippen LogP contribution in [0.25, 0.3) is 21.0 Å². The van der Waals surface area contributed by atoms with Gasteiger partial charge in [0.05, 0.1) is 11.6 Å². The number of thiophene rings is 1. The van der Waals surface area contributed by atoms with Gasteiger partial charge in [0, 0.05) is 51.9 Å². The molecule has 0 amide bonds. The number of carboxylic acid groups (broad SMARTS) is 1. The summed E-state index contributed by atoms with van der Waals surface area (Å²) < 4.78 is 17.3. The van der Waals surface area contributed by atoms with Crippen LogP contribution >= 0.6 is 22.9 Å². The Kier molecular flexibility index (Phi) is 5.83. The Labute approximate surface area is 204 Å². The monoisotopic (exact) mass is 499 g/mol. The summed E-state index contributed by atoms with van der Waals surface area (Å²) in [5, 5.41) is 15.0. The lowest BCUT2D eigenvalue weighted by atomic mass is 10.0. The first kappa shape index (κ1) is 22.8. The van der Waals surface area contributed by atoms with Gasteiger partial charge in [0.1, 0.15) is 0 Å². The van der Waals surface area contributed by atoms with Crippen molar-refractivity contribution in [2.75, 3.05) is 24.5 Å². The molecule has 3 heterocycles. The quantitative estimate of drug-likeness (QED) is 0.378. The van der Waals surface area contributed by atoms with Crippen LogP contribution in [-0.2, 0) is 6.54 Å². The Balaban J connectivity index is 1.54. The first-order valence-corrected chi connectivity index (χ1v) is 12.3. The van der Waals surface area contributed by atoms with E-state index in [1.807, 2.05) is 24.3 Å². The van der Waals surface area contributed by atoms with Gasteiger partial charge in [0.15, 0.2) is 5.56 Å². The lowest BCUT2D eigenvalue weighted by Gasteiger charge is -2.35. The number of hydrogen-bond donors (Lipinski definition) is 2. The summed E-state index contributed by atoms with van der Waals surface area (Å²) in [4.78, 5) is 27.6. The number of nitrogens with zero attached hydrogens (tertiary/aromatic N) is 2. The van der Waals surface area contributed by atoms with Crippen molar-refractivity contribution >= 4 is 55.6 Å². The third kappa shape index (κ3) is 3.66. The largest absolute Gasteiger partial charge is 0.477 e. The van der Waals surface area contributed by atoms with Gasteiger partial charge in [-0.25, -0.2) is 4.79 Å². The SMILES string of the molecule is CCn1c(F)c(C(=O)O)c(=O)c2ccc(N3CCNC(c4sc5ccc(Cl)cc5c4C)C3)cc21. The standard InChI is InChI=1S/C25H23ClFN3O3S/c1-3-30-19-11-15(5-6-16(19)22(31)21(24(30)27)25(32)33)29-9-8-28-18(12-29)23-13(2)17-10-14(26)4-7-20(17)34-23/h4-7,10-11,18,28H,3,8-9,12H2,1-2H3,(H,32,33). The number of carbonyl (C=O) groups is 1. The molecular formula is C25H23ClFN3O3S. The molecule has 1 saturated heterocycles. The van der Waals surface area contributed by atoms with Crippen LogP contribution in [0.15, 0.2) is 41.2 Å². The van der Waals surface area contributed by atoms with Crippen LogP contribution in [0.5, 0.6) is 0 Å². The number of aromatic nitrogens is 1. The Morgan fingerprint density at radius 2 is 2.06 bits per heavy atom. The number of piperazine rings is 1. The van der Waals surface area contributed by atoms with Crippen molar-refractivity contribution in [3.05, 3.63) is 73.6 Å².